The fourth-order valence-electron chi connectivity index (χ4n) is 2.66. The molecule has 0 spiro atoms. The first kappa shape index (κ1) is 14.5. The second kappa shape index (κ2) is 7.05. The van der Waals surface area contributed by atoms with Gasteiger partial charge in [-0.05, 0) is 23.1 Å². The SMILES string of the molecule is NCc1cccc(Cn2ccnc2CCc2ccccc2)c1. The lowest BCUT2D eigenvalue weighted by Crippen LogP contribution is -2.06. The molecule has 22 heavy (non-hydrogen) atoms. The third-order valence-corrected chi connectivity index (χ3v) is 3.86. The van der Waals surface area contributed by atoms with Crippen molar-refractivity contribution in [1.29, 1.82) is 0 Å². The van der Waals surface area contributed by atoms with E-state index in [4.69, 9.17) is 5.73 Å². The molecular formula is C19H21N3. The molecule has 0 aliphatic rings. The van der Waals surface area contributed by atoms with Crippen molar-refractivity contribution in [2.24, 2.45) is 5.73 Å². The molecule has 2 N–H and O–H groups in total. The minimum Gasteiger partial charge on any atom is -0.331 e. The molecule has 1 heterocycles. The predicted molar refractivity (Wildman–Crippen MR) is 89.5 cm³/mol. The van der Waals surface area contributed by atoms with Crippen molar-refractivity contribution in [3.05, 3.63) is 89.5 Å². The molecule has 0 aliphatic heterocycles. The minimum atomic E-state index is 0.582. The Kier molecular flexibility index (Phi) is 4.66. The number of aromatic nitrogens is 2. The van der Waals surface area contributed by atoms with Crippen LogP contribution in [-0.2, 0) is 25.9 Å². The highest BCUT2D eigenvalue weighted by Crippen LogP contribution is 2.11. The zero-order chi connectivity index (χ0) is 15.2. The first-order chi connectivity index (χ1) is 10.8. The van der Waals surface area contributed by atoms with E-state index in [0.717, 1.165) is 25.2 Å². The summed E-state index contributed by atoms with van der Waals surface area (Å²) in [5.74, 6) is 1.13. The normalized spacial score (nSPS) is 10.8. The van der Waals surface area contributed by atoms with Gasteiger partial charge in [-0.15, -0.1) is 0 Å². The summed E-state index contributed by atoms with van der Waals surface area (Å²) in [5, 5.41) is 0. The maximum absolute atomic E-state index is 5.71. The van der Waals surface area contributed by atoms with E-state index in [2.05, 4.69) is 70.3 Å². The summed E-state index contributed by atoms with van der Waals surface area (Å²) >= 11 is 0. The van der Waals surface area contributed by atoms with Gasteiger partial charge >= 0.3 is 0 Å². The number of nitrogens with zero attached hydrogens (tertiary/aromatic N) is 2. The molecule has 3 rings (SSSR count). The highest BCUT2D eigenvalue weighted by molar-refractivity contribution is 5.24. The van der Waals surface area contributed by atoms with Crippen LogP contribution in [0.15, 0.2) is 67.0 Å². The average molecular weight is 291 g/mol. The fraction of sp³-hybridized carbons (Fsp3) is 0.211. The maximum Gasteiger partial charge on any atom is 0.109 e. The van der Waals surface area contributed by atoms with Crippen LogP contribution in [0.4, 0.5) is 0 Å². The summed E-state index contributed by atoms with van der Waals surface area (Å²) in [6.07, 6.45) is 5.90. The Bertz CT molecular complexity index is 716. The van der Waals surface area contributed by atoms with Gasteiger partial charge in [0.05, 0.1) is 0 Å². The summed E-state index contributed by atoms with van der Waals surface area (Å²) in [5.41, 5.74) is 9.50. The number of rotatable bonds is 6. The summed E-state index contributed by atoms with van der Waals surface area (Å²) in [4.78, 5) is 4.51. The molecule has 0 unspecified atom stereocenters. The van der Waals surface area contributed by atoms with Gasteiger partial charge in [-0.3, -0.25) is 0 Å². The summed E-state index contributed by atoms with van der Waals surface area (Å²) < 4.78 is 2.22. The Hall–Kier alpha value is -2.39. The highest BCUT2D eigenvalue weighted by Gasteiger charge is 2.05. The number of aryl methyl sites for hydroxylation is 2. The quantitative estimate of drug-likeness (QED) is 0.758. The standard InChI is InChI=1S/C19H21N3/c20-14-17-7-4-8-18(13-17)15-22-12-11-21-19(22)10-9-16-5-2-1-3-6-16/h1-8,11-13H,9-10,14-15,20H2. The van der Waals surface area contributed by atoms with E-state index in [9.17, 15) is 0 Å². The topological polar surface area (TPSA) is 43.8 Å². The zero-order valence-electron chi connectivity index (χ0n) is 12.7. The summed E-state index contributed by atoms with van der Waals surface area (Å²) in [6, 6.07) is 19.0. The van der Waals surface area contributed by atoms with Gasteiger partial charge in [0.25, 0.3) is 0 Å². The van der Waals surface area contributed by atoms with Gasteiger partial charge in [0.1, 0.15) is 5.82 Å². The Morgan fingerprint density at radius 1 is 0.864 bits per heavy atom. The molecule has 0 radical (unpaired) electrons. The Labute approximate surface area is 131 Å². The van der Waals surface area contributed by atoms with Crippen LogP contribution in [0.2, 0.25) is 0 Å². The molecule has 0 saturated carbocycles. The van der Waals surface area contributed by atoms with Crippen LogP contribution in [0.1, 0.15) is 22.5 Å². The third kappa shape index (κ3) is 3.62. The zero-order valence-corrected chi connectivity index (χ0v) is 12.7. The second-order valence-corrected chi connectivity index (χ2v) is 5.48. The number of benzene rings is 2. The molecule has 0 fully saturated rings. The van der Waals surface area contributed by atoms with E-state index in [-0.39, 0.29) is 0 Å². The van der Waals surface area contributed by atoms with Gasteiger partial charge in [0.2, 0.25) is 0 Å². The first-order valence-electron chi connectivity index (χ1n) is 7.67. The summed E-state index contributed by atoms with van der Waals surface area (Å²) in [6.45, 7) is 1.43. The van der Waals surface area contributed by atoms with E-state index in [1.807, 2.05) is 6.20 Å². The number of hydrogen-bond donors (Lipinski definition) is 1. The molecule has 2 aromatic carbocycles. The lowest BCUT2D eigenvalue weighted by molar-refractivity contribution is 0.711. The van der Waals surface area contributed by atoms with Crippen molar-refractivity contribution in [3.8, 4) is 0 Å². The Balaban J connectivity index is 1.69. The molecule has 3 nitrogen and oxygen atoms in total. The summed E-state index contributed by atoms with van der Waals surface area (Å²) in [7, 11) is 0. The number of nitrogens with two attached hydrogens (primary N) is 1. The van der Waals surface area contributed by atoms with Gasteiger partial charge in [0, 0.05) is 31.9 Å². The van der Waals surface area contributed by atoms with Crippen molar-refractivity contribution in [1.82, 2.24) is 9.55 Å². The monoisotopic (exact) mass is 291 g/mol. The van der Waals surface area contributed by atoms with Crippen LogP contribution in [0, 0.1) is 0 Å². The Morgan fingerprint density at radius 2 is 1.64 bits per heavy atom. The largest absolute Gasteiger partial charge is 0.331 e. The molecular weight excluding hydrogens is 270 g/mol. The van der Waals surface area contributed by atoms with Crippen LogP contribution < -0.4 is 5.73 Å². The molecule has 3 heteroatoms. The van der Waals surface area contributed by atoms with Crippen LogP contribution >= 0.6 is 0 Å². The average Bonchev–Trinajstić information content (AvgIpc) is 3.01. The van der Waals surface area contributed by atoms with Crippen molar-refractivity contribution < 1.29 is 0 Å². The molecule has 0 saturated heterocycles. The van der Waals surface area contributed by atoms with Crippen LogP contribution in [-0.4, -0.2) is 9.55 Å². The minimum absolute atomic E-state index is 0.582. The third-order valence-electron chi connectivity index (χ3n) is 3.86. The van der Waals surface area contributed by atoms with E-state index in [1.54, 1.807) is 0 Å². The van der Waals surface area contributed by atoms with E-state index >= 15 is 0 Å². The highest BCUT2D eigenvalue weighted by atomic mass is 15.1. The maximum atomic E-state index is 5.71. The van der Waals surface area contributed by atoms with Crippen LogP contribution in [0.25, 0.3) is 0 Å². The molecule has 0 aliphatic carbocycles. The van der Waals surface area contributed by atoms with Crippen molar-refractivity contribution >= 4 is 0 Å². The molecule has 112 valence electrons. The number of imidazole rings is 1. The van der Waals surface area contributed by atoms with E-state index in [1.165, 1.54) is 16.7 Å². The fourth-order valence-corrected chi connectivity index (χ4v) is 2.66. The lowest BCUT2D eigenvalue weighted by atomic mass is 10.1. The lowest BCUT2D eigenvalue weighted by Gasteiger charge is -2.09. The second-order valence-electron chi connectivity index (χ2n) is 5.48. The van der Waals surface area contributed by atoms with Crippen molar-refractivity contribution in [2.75, 3.05) is 0 Å². The van der Waals surface area contributed by atoms with Crippen molar-refractivity contribution in [2.45, 2.75) is 25.9 Å². The smallest absolute Gasteiger partial charge is 0.109 e. The molecule has 0 amide bonds. The first-order valence-corrected chi connectivity index (χ1v) is 7.67. The van der Waals surface area contributed by atoms with Gasteiger partial charge < -0.3 is 10.3 Å². The van der Waals surface area contributed by atoms with Gasteiger partial charge in [-0.25, -0.2) is 4.98 Å². The number of hydrogen-bond acceptors (Lipinski definition) is 2. The van der Waals surface area contributed by atoms with Crippen molar-refractivity contribution in [3.63, 3.8) is 0 Å². The molecule has 1 aromatic heterocycles. The van der Waals surface area contributed by atoms with Gasteiger partial charge in [0.15, 0.2) is 0 Å². The molecule has 0 bridgehead atoms. The van der Waals surface area contributed by atoms with Crippen LogP contribution in [0.5, 0.6) is 0 Å². The van der Waals surface area contributed by atoms with Crippen LogP contribution in [0.3, 0.4) is 0 Å². The van der Waals surface area contributed by atoms with E-state index < -0.39 is 0 Å². The van der Waals surface area contributed by atoms with E-state index in [0.29, 0.717) is 6.54 Å². The molecule has 3 aromatic rings. The van der Waals surface area contributed by atoms with Gasteiger partial charge in [-0.2, -0.15) is 0 Å². The Morgan fingerprint density at radius 3 is 2.45 bits per heavy atom. The predicted octanol–water partition coefficient (Wildman–Crippen LogP) is 3.18. The molecule has 0 atom stereocenters. The van der Waals surface area contributed by atoms with Gasteiger partial charge in [-0.1, -0.05) is 54.6 Å².